The molecule has 0 aliphatic heterocycles. The molecule has 0 atom stereocenters. The highest BCUT2D eigenvalue weighted by molar-refractivity contribution is 7.92. The summed E-state index contributed by atoms with van der Waals surface area (Å²) in [4.78, 5) is 22.1. The van der Waals surface area contributed by atoms with Gasteiger partial charge in [0.25, 0.3) is 10.0 Å². The molecule has 0 spiro atoms. The topological polar surface area (TPSA) is 135 Å². The fourth-order valence-corrected chi connectivity index (χ4v) is 3.73. The lowest BCUT2D eigenvalue weighted by molar-refractivity contribution is -0.114. The molecule has 0 saturated carbocycles. The second kappa shape index (κ2) is 8.29. The zero-order valence-electron chi connectivity index (χ0n) is 16.0. The van der Waals surface area contributed by atoms with Gasteiger partial charge in [-0.1, -0.05) is 0 Å². The van der Waals surface area contributed by atoms with E-state index >= 15 is 0 Å². The average molecular weight is 430 g/mol. The number of sulfonamides is 1. The normalized spacial score (nSPS) is 11.0. The van der Waals surface area contributed by atoms with Crippen molar-refractivity contribution in [2.45, 2.75) is 11.8 Å². The number of furan rings is 1. The maximum Gasteiger partial charge on any atom is 0.371 e. The Kier molecular flexibility index (Phi) is 5.79. The van der Waals surface area contributed by atoms with Crippen LogP contribution >= 0.6 is 0 Å². The number of aromatic carboxylic acids is 1. The fraction of sp³-hybridized carbons (Fsp3) is 0.100. The molecule has 3 aromatic rings. The van der Waals surface area contributed by atoms with Crippen molar-refractivity contribution in [3.05, 3.63) is 60.4 Å². The first kappa shape index (κ1) is 20.9. The largest absolute Gasteiger partial charge is 0.495 e. The number of rotatable bonds is 7. The molecular formula is C20H18N2O7S. The summed E-state index contributed by atoms with van der Waals surface area (Å²) in [6, 6.07) is 13.1. The van der Waals surface area contributed by atoms with Gasteiger partial charge in [0, 0.05) is 18.2 Å². The second-order valence-corrected chi connectivity index (χ2v) is 7.88. The summed E-state index contributed by atoms with van der Waals surface area (Å²) in [6.07, 6.45) is 0. The molecule has 1 heterocycles. The van der Waals surface area contributed by atoms with E-state index < -0.39 is 16.0 Å². The minimum absolute atomic E-state index is 0.0183. The van der Waals surface area contributed by atoms with Crippen LogP contribution in [-0.2, 0) is 14.8 Å². The van der Waals surface area contributed by atoms with E-state index in [-0.39, 0.29) is 33.8 Å². The molecule has 3 N–H and O–H groups in total. The first-order chi connectivity index (χ1) is 14.2. The Morgan fingerprint density at radius 3 is 2.30 bits per heavy atom. The van der Waals surface area contributed by atoms with Crippen molar-refractivity contribution >= 4 is 33.3 Å². The molecule has 156 valence electrons. The quantitative estimate of drug-likeness (QED) is 0.523. The predicted molar refractivity (Wildman–Crippen MR) is 109 cm³/mol. The summed E-state index contributed by atoms with van der Waals surface area (Å²) < 4.78 is 38.5. The van der Waals surface area contributed by atoms with Gasteiger partial charge < -0.3 is 19.6 Å². The Morgan fingerprint density at radius 2 is 1.73 bits per heavy atom. The van der Waals surface area contributed by atoms with Crippen molar-refractivity contribution in [2.24, 2.45) is 0 Å². The van der Waals surface area contributed by atoms with Gasteiger partial charge >= 0.3 is 5.97 Å². The summed E-state index contributed by atoms with van der Waals surface area (Å²) in [5.74, 6) is -1.19. The lowest BCUT2D eigenvalue weighted by Gasteiger charge is -2.13. The van der Waals surface area contributed by atoms with E-state index in [1.807, 2.05) is 0 Å². The SMILES string of the molecule is COc1ccc(-c2ccc(C(=O)O)o2)cc1NS(=O)(=O)c1ccc(NC(C)=O)cc1. The molecule has 10 heteroatoms. The Bertz CT molecular complexity index is 1200. The standard InChI is InChI=1S/C20H18N2O7S/c1-12(23)21-14-4-6-15(7-5-14)30(26,27)22-16-11-13(3-8-18(16)28-2)17-9-10-19(29-17)20(24)25/h3-11,22H,1-2H3,(H,21,23)(H,24,25). The van der Waals surface area contributed by atoms with Crippen LogP contribution in [0.4, 0.5) is 11.4 Å². The van der Waals surface area contributed by atoms with Crippen molar-refractivity contribution in [1.82, 2.24) is 0 Å². The maximum absolute atomic E-state index is 12.8. The zero-order chi connectivity index (χ0) is 21.9. The highest BCUT2D eigenvalue weighted by Crippen LogP contribution is 2.33. The van der Waals surface area contributed by atoms with E-state index in [4.69, 9.17) is 14.3 Å². The van der Waals surface area contributed by atoms with Crippen LogP contribution in [0.5, 0.6) is 5.75 Å². The molecule has 30 heavy (non-hydrogen) atoms. The lowest BCUT2D eigenvalue weighted by atomic mass is 10.1. The lowest BCUT2D eigenvalue weighted by Crippen LogP contribution is -2.14. The van der Waals surface area contributed by atoms with E-state index in [0.29, 0.717) is 11.3 Å². The maximum atomic E-state index is 12.8. The fourth-order valence-electron chi connectivity index (χ4n) is 2.67. The van der Waals surface area contributed by atoms with Crippen LogP contribution in [0, 0.1) is 0 Å². The van der Waals surface area contributed by atoms with Gasteiger partial charge in [-0.05, 0) is 54.6 Å². The van der Waals surface area contributed by atoms with Crippen molar-refractivity contribution in [2.75, 3.05) is 17.1 Å². The number of benzene rings is 2. The Hall–Kier alpha value is -3.79. The van der Waals surface area contributed by atoms with Gasteiger partial charge in [0.05, 0.1) is 17.7 Å². The molecule has 1 aromatic heterocycles. The third-order valence-electron chi connectivity index (χ3n) is 4.03. The molecular weight excluding hydrogens is 412 g/mol. The number of carboxylic acid groups (broad SMARTS) is 1. The molecule has 9 nitrogen and oxygen atoms in total. The van der Waals surface area contributed by atoms with Crippen LogP contribution in [0.15, 0.2) is 63.9 Å². The van der Waals surface area contributed by atoms with Crippen LogP contribution in [0.25, 0.3) is 11.3 Å². The van der Waals surface area contributed by atoms with Gasteiger partial charge in [-0.3, -0.25) is 9.52 Å². The van der Waals surface area contributed by atoms with Crippen molar-refractivity contribution in [1.29, 1.82) is 0 Å². The second-order valence-electron chi connectivity index (χ2n) is 6.20. The van der Waals surface area contributed by atoms with Crippen LogP contribution in [0.2, 0.25) is 0 Å². The molecule has 0 radical (unpaired) electrons. The number of anilines is 2. The molecule has 0 aliphatic carbocycles. The summed E-state index contributed by atoms with van der Waals surface area (Å²) in [5, 5.41) is 11.6. The van der Waals surface area contributed by atoms with Crippen LogP contribution in [-0.4, -0.2) is 32.5 Å². The number of methoxy groups -OCH3 is 1. The van der Waals surface area contributed by atoms with Gasteiger partial charge in [-0.25, -0.2) is 13.2 Å². The molecule has 2 aromatic carbocycles. The van der Waals surface area contributed by atoms with E-state index in [2.05, 4.69) is 10.0 Å². The highest BCUT2D eigenvalue weighted by atomic mass is 32.2. The van der Waals surface area contributed by atoms with Gasteiger partial charge in [0.15, 0.2) is 0 Å². The number of carbonyl (C=O) groups is 2. The minimum atomic E-state index is -3.97. The molecule has 0 aliphatic rings. The average Bonchev–Trinajstić information content (AvgIpc) is 3.18. The van der Waals surface area contributed by atoms with Gasteiger partial charge in [0.2, 0.25) is 11.7 Å². The van der Waals surface area contributed by atoms with E-state index in [1.165, 1.54) is 62.6 Å². The van der Waals surface area contributed by atoms with Gasteiger partial charge in [-0.2, -0.15) is 0 Å². The summed E-state index contributed by atoms with van der Waals surface area (Å²) in [6.45, 7) is 1.35. The number of amides is 1. The van der Waals surface area contributed by atoms with Crippen LogP contribution in [0.3, 0.4) is 0 Å². The summed E-state index contributed by atoms with van der Waals surface area (Å²) in [5.41, 5.74) is 1.07. The molecule has 0 fully saturated rings. The number of carboxylic acids is 1. The Labute approximate surface area is 172 Å². The third kappa shape index (κ3) is 4.61. The van der Waals surface area contributed by atoms with E-state index in [9.17, 15) is 18.0 Å². The smallest absolute Gasteiger partial charge is 0.371 e. The van der Waals surface area contributed by atoms with Crippen LogP contribution in [0.1, 0.15) is 17.5 Å². The van der Waals surface area contributed by atoms with Crippen molar-refractivity contribution in [3.8, 4) is 17.1 Å². The predicted octanol–water partition coefficient (Wildman–Crippen LogP) is 3.41. The first-order valence-electron chi connectivity index (χ1n) is 8.61. The van der Waals surface area contributed by atoms with Gasteiger partial charge in [0.1, 0.15) is 11.5 Å². The molecule has 1 amide bonds. The van der Waals surface area contributed by atoms with Crippen molar-refractivity contribution < 1.29 is 32.3 Å². The number of hydrogen-bond acceptors (Lipinski definition) is 6. The first-order valence-corrected chi connectivity index (χ1v) is 10.1. The summed E-state index contributed by atoms with van der Waals surface area (Å²) in [7, 11) is -2.57. The Balaban J connectivity index is 1.91. The van der Waals surface area contributed by atoms with E-state index in [1.54, 1.807) is 6.07 Å². The number of nitrogens with one attached hydrogen (secondary N) is 2. The molecule has 0 bridgehead atoms. The monoisotopic (exact) mass is 430 g/mol. The summed E-state index contributed by atoms with van der Waals surface area (Å²) >= 11 is 0. The zero-order valence-corrected chi connectivity index (χ0v) is 16.8. The van der Waals surface area contributed by atoms with Gasteiger partial charge in [-0.15, -0.1) is 0 Å². The Morgan fingerprint density at radius 1 is 1.03 bits per heavy atom. The van der Waals surface area contributed by atoms with Crippen molar-refractivity contribution in [3.63, 3.8) is 0 Å². The van der Waals surface area contributed by atoms with Crippen LogP contribution < -0.4 is 14.8 Å². The molecule has 0 saturated heterocycles. The number of hydrogen-bond donors (Lipinski definition) is 3. The number of carbonyl (C=O) groups excluding carboxylic acids is 1. The minimum Gasteiger partial charge on any atom is -0.495 e. The third-order valence-corrected chi connectivity index (χ3v) is 5.41. The highest BCUT2D eigenvalue weighted by Gasteiger charge is 2.18. The molecule has 0 unspecified atom stereocenters. The molecule has 3 rings (SSSR count). The number of ether oxygens (including phenoxy) is 1. The van der Waals surface area contributed by atoms with E-state index in [0.717, 1.165) is 0 Å².